The molecule has 1 aliphatic rings. The van der Waals surface area contributed by atoms with Gasteiger partial charge in [-0.2, -0.15) is 4.72 Å². The van der Waals surface area contributed by atoms with E-state index in [4.69, 9.17) is 0 Å². The molecule has 0 spiro atoms. The maximum Gasteiger partial charge on any atom is 0.242 e. The van der Waals surface area contributed by atoms with Gasteiger partial charge in [0.15, 0.2) is 0 Å². The summed E-state index contributed by atoms with van der Waals surface area (Å²) in [7, 11) is -2.03. The Morgan fingerprint density at radius 1 is 1.20 bits per heavy atom. The molecule has 1 fully saturated rings. The highest BCUT2D eigenvalue weighted by molar-refractivity contribution is 7.89. The van der Waals surface area contributed by atoms with Crippen molar-refractivity contribution in [1.82, 2.24) is 14.6 Å². The molecule has 0 unspecified atom stereocenters. The van der Waals surface area contributed by atoms with E-state index in [0.29, 0.717) is 19.0 Å². The Morgan fingerprint density at radius 2 is 1.90 bits per heavy atom. The van der Waals surface area contributed by atoms with E-state index in [1.807, 2.05) is 31.3 Å². The number of carbonyl (C=O) groups excluding carboxylic acids is 1. The van der Waals surface area contributed by atoms with E-state index >= 15 is 0 Å². The number of amides is 1. The molecule has 1 saturated heterocycles. The lowest BCUT2D eigenvalue weighted by Gasteiger charge is -2.34. The zero-order valence-corrected chi connectivity index (χ0v) is 18.4. The van der Waals surface area contributed by atoms with Crippen LogP contribution in [-0.2, 0) is 21.2 Å². The minimum absolute atomic E-state index is 0.0537. The van der Waals surface area contributed by atoms with Crippen molar-refractivity contribution in [3.8, 4) is 0 Å². The molecule has 162 valence electrons. The van der Waals surface area contributed by atoms with Crippen LogP contribution in [0.25, 0.3) is 0 Å². The number of likely N-dealkylation sites (tertiary alicyclic amines) is 1. The first-order valence-electron chi connectivity index (χ1n) is 10.4. The van der Waals surface area contributed by atoms with Crippen molar-refractivity contribution in [2.45, 2.75) is 43.5 Å². The minimum atomic E-state index is -3.86. The van der Waals surface area contributed by atoms with Gasteiger partial charge in [-0.25, -0.2) is 8.42 Å². The number of benzene rings is 1. The molecule has 2 aromatic rings. The highest BCUT2D eigenvalue weighted by Crippen LogP contribution is 2.22. The summed E-state index contributed by atoms with van der Waals surface area (Å²) in [6.07, 6.45) is 6.12. The molecule has 0 aliphatic carbocycles. The molecule has 30 heavy (non-hydrogen) atoms. The molecule has 3 rings (SSSR count). The number of hydrogen-bond acceptors (Lipinski definition) is 5. The first kappa shape index (κ1) is 22.2. The van der Waals surface area contributed by atoms with E-state index < -0.39 is 16.1 Å². The Kier molecular flexibility index (Phi) is 7.44. The normalized spacial score (nSPS) is 16.3. The van der Waals surface area contributed by atoms with Crippen LogP contribution < -0.4 is 10.0 Å². The largest absolute Gasteiger partial charge is 0.388 e. The Labute approximate surface area is 178 Å². The Morgan fingerprint density at radius 3 is 2.47 bits per heavy atom. The highest BCUT2D eigenvalue weighted by Gasteiger charge is 2.31. The van der Waals surface area contributed by atoms with Gasteiger partial charge >= 0.3 is 0 Å². The topological polar surface area (TPSA) is 91.4 Å². The maximum absolute atomic E-state index is 13.3. The fourth-order valence-electron chi connectivity index (χ4n) is 3.77. The fourth-order valence-corrected chi connectivity index (χ4v) is 4.92. The van der Waals surface area contributed by atoms with Gasteiger partial charge in [0.25, 0.3) is 0 Å². The zero-order valence-electron chi connectivity index (χ0n) is 17.5. The smallest absolute Gasteiger partial charge is 0.242 e. The zero-order chi connectivity index (χ0) is 21.6. The van der Waals surface area contributed by atoms with Gasteiger partial charge in [0.2, 0.25) is 15.9 Å². The van der Waals surface area contributed by atoms with Gasteiger partial charge in [-0.3, -0.25) is 9.78 Å². The predicted molar refractivity (Wildman–Crippen MR) is 118 cm³/mol. The van der Waals surface area contributed by atoms with E-state index in [-0.39, 0.29) is 17.2 Å². The molecule has 1 aliphatic heterocycles. The second-order valence-corrected chi connectivity index (χ2v) is 9.40. The van der Waals surface area contributed by atoms with Gasteiger partial charge in [-0.15, -0.1) is 0 Å². The van der Waals surface area contributed by atoms with E-state index in [9.17, 15) is 13.2 Å². The Hall–Kier alpha value is -2.45. The molecule has 0 bridgehead atoms. The monoisotopic (exact) mass is 430 g/mol. The van der Waals surface area contributed by atoms with Crippen LogP contribution in [0.2, 0.25) is 0 Å². The third-order valence-corrected chi connectivity index (χ3v) is 7.18. The van der Waals surface area contributed by atoms with Crippen LogP contribution >= 0.6 is 0 Å². The van der Waals surface area contributed by atoms with E-state index in [1.54, 1.807) is 11.0 Å². The molecule has 7 nitrogen and oxygen atoms in total. The van der Waals surface area contributed by atoms with Gasteiger partial charge in [0, 0.05) is 38.2 Å². The number of piperidine rings is 1. The third kappa shape index (κ3) is 5.58. The first-order chi connectivity index (χ1) is 14.4. The van der Waals surface area contributed by atoms with E-state index in [2.05, 4.69) is 21.9 Å². The lowest BCUT2D eigenvalue weighted by atomic mass is 9.94. The molecule has 2 heterocycles. The Balaban J connectivity index is 1.81. The van der Waals surface area contributed by atoms with Crippen LogP contribution in [-0.4, -0.2) is 50.4 Å². The summed E-state index contributed by atoms with van der Waals surface area (Å²) >= 11 is 0. The van der Waals surface area contributed by atoms with Crippen LogP contribution in [0.1, 0.15) is 31.7 Å². The van der Waals surface area contributed by atoms with Crippen LogP contribution in [0.3, 0.4) is 0 Å². The van der Waals surface area contributed by atoms with Gasteiger partial charge in [0.1, 0.15) is 10.9 Å². The quantitative estimate of drug-likeness (QED) is 0.672. The molecule has 2 N–H and O–H groups in total. The summed E-state index contributed by atoms with van der Waals surface area (Å²) in [6, 6.07) is 9.83. The number of pyridine rings is 1. The molecule has 8 heteroatoms. The molecule has 0 radical (unpaired) electrons. The average molecular weight is 431 g/mol. The van der Waals surface area contributed by atoms with Crippen molar-refractivity contribution >= 4 is 21.6 Å². The van der Waals surface area contributed by atoms with Crippen LogP contribution in [0.5, 0.6) is 0 Å². The van der Waals surface area contributed by atoms with Crippen molar-refractivity contribution in [1.29, 1.82) is 0 Å². The van der Waals surface area contributed by atoms with Gasteiger partial charge in [-0.05, 0) is 55.0 Å². The van der Waals surface area contributed by atoms with Crippen LogP contribution in [0.4, 0.5) is 5.69 Å². The summed E-state index contributed by atoms with van der Waals surface area (Å²) in [4.78, 5) is 19.0. The van der Waals surface area contributed by atoms with Crippen molar-refractivity contribution in [3.05, 3.63) is 54.4 Å². The fraction of sp³-hybridized carbons (Fsp3) is 0.455. The number of nitrogens with zero attached hydrogens (tertiary/aromatic N) is 2. The van der Waals surface area contributed by atoms with E-state index in [0.717, 1.165) is 30.5 Å². The molecule has 1 amide bonds. The summed E-state index contributed by atoms with van der Waals surface area (Å²) < 4.78 is 28.4. The highest BCUT2D eigenvalue weighted by atomic mass is 32.2. The second kappa shape index (κ2) is 10.0. The number of sulfonamides is 1. The number of carbonyl (C=O) groups is 1. The van der Waals surface area contributed by atoms with Gasteiger partial charge in [0.05, 0.1) is 0 Å². The molecular formula is C22H30N4O3S. The Bertz CT molecular complexity index is 925. The third-order valence-electron chi connectivity index (χ3n) is 5.73. The van der Waals surface area contributed by atoms with Crippen molar-refractivity contribution < 1.29 is 13.2 Å². The number of rotatable bonds is 8. The lowest BCUT2D eigenvalue weighted by molar-refractivity contribution is -0.134. The van der Waals surface area contributed by atoms with Crippen molar-refractivity contribution in [2.75, 3.05) is 25.5 Å². The average Bonchev–Trinajstić information content (AvgIpc) is 2.79. The van der Waals surface area contributed by atoms with Crippen molar-refractivity contribution in [2.24, 2.45) is 5.92 Å². The van der Waals surface area contributed by atoms with Crippen LogP contribution in [0, 0.1) is 5.92 Å². The van der Waals surface area contributed by atoms with E-state index in [1.165, 1.54) is 18.5 Å². The first-order valence-corrected chi connectivity index (χ1v) is 11.9. The van der Waals surface area contributed by atoms with Crippen LogP contribution in [0.15, 0.2) is 53.7 Å². The predicted octanol–water partition coefficient (Wildman–Crippen LogP) is 2.66. The molecule has 1 aromatic carbocycles. The number of nitrogens with one attached hydrogen (secondary N) is 2. The molecule has 1 atom stereocenters. The van der Waals surface area contributed by atoms with Crippen molar-refractivity contribution in [3.63, 3.8) is 0 Å². The molecule has 0 saturated carbocycles. The molecular weight excluding hydrogens is 400 g/mol. The summed E-state index contributed by atoms with van der Waals surface area (Å²) in [6.45, 7) is 3.50. The lowest BCUT2D eigenvalue weighted by Crippen LogP contribution is -2.51. The van der Waals surface area contributed by atoms with Gasteiger partial charge in [-0.1, -0.05) is 25.5 Å². The number of anilines is 1. The minimum Gasteiger partial charge on any atom is -0.388 e. The number of aromatic nitrogens is 1. The second-order valence-electron chi connectivity index (χ2n) is 7.69. The SMILES string of the molecule is CCC1CCN(C(=O)[C@H](Cc2ccc(NC)cc2)NS(=O)(=O)c2cccnc2)CC1. The summed E-state index contributed by atoms with van der Waals surface area (Å²) in [5.41, 5.74) is 1.85. The standard InChI is InChI=1S/C22H30N4O3S/c1-3-17-10-13-26(14-11-17)22(27)21(15-18-6-8-19(23-2)9-7-18)25-30(28,29)20-5-4-12-24-16-20/h4-9,12,16-17,21,23,25H,3,10-11,13-15H2,1-2H3/t21-/m0/s1. The number of hydrogen-bond donors (Lipinski definition) is 2. The summed E-state index contributed by atoms with van der Waals surface area (Å²) in [5.74, 6) is 0.461. The maximum atomic E-state index is 13.3. The molecule has 1 aromatic heterocycles. The van der Waals surface area contributed by atoms with Gasteiger partial charge < -0.3 is 10.2 Å². The summed E-state index contributed by atoms with van der Waals surface area (Å²) in [5, 5.41) is 3.06.